The number of carbonyl (C=O) groups is 1. The summed E-state index contributed by atoms with van der Waals surface area (Å²) in [5.74, 6) is 2.06. The second-order valence-electron chi connectivity index (χ2n) is 7.59. The predicted octanol–water partition coefficient (Wildman–Crippen LogP) is 4.42. The third kappa shape index (κ3) is 4.44. The fraction of sp³-hybridized carbons (Fsp3) is 0.619. The fourth-order valence-corrected chi connectivity index (χ4v) is 3.71. The highest BCUT2D eigenvalue weighted by Crippen LogP contribution is 2.23. The van der Waals surface area contributed by atoms with Gasteiger partial charge in [-0.05, 0) is 63.4 Å². The van der Waals surface area contributed by atoms with Crippen molar-refractivity contribution in [2.24, 2.45) is 5.92 Å². The van der Waals surface area contributed by atoms with Crippen LogP contribution < -0.4 is 5.32 Å². The minimum atomic E-state index is 0.0868. The molecule has 0 bridgehead atoms. The zero-order valence-corrected chi connectivity index (χ0v) is 16.4. The number of hydrogen-bond acceptors (Lipinski definition) is 3. The first-order chi connectivity index (χ1) is 12.6. The lowest BCUT2D eigenvalue weighted by Gasteiger charge is -2.29. The first kappa shape index (κ1) is 18.9. The number of benzene rings is 1. The number of likely N-dealkylation sites (tertiary alicyclic amines) is 1. The summed E-state index contributed by atoms with van der Waals surface area (Å²) in [6, 6.07) is 6.09. The van der Waals surface area contributed by atoms with Crippen LogP contribution in [0.3, 0.4) is 0 Å². The number of carbonyl (C=O) groups excluding carboxylic acids is 1. The van der Waals surface area contributed by atoms with Crippen LogP contribution in [-0.2, 0) is 17.9 Å². The molecule has 142 valence electrons. The lowest BCUT2D eigenvalue weighted by Crippen LogP contribution is -2.33. The van der Waals surface area contributed by atoms with Gasteiger partial charge in [-0.1, -0.05) is 20.3 Å². The maximum Gasteiger partial charge on any atom is 0.224 e. The molecule has 0 aliphatic carbocycles. The molecule has 1 N–H and O–H groups in total. The van der Waals surface area contributed by atoms with E-state index in [4.69, 9.17) is 4.98 Å². The zero-order valence-electron chi connectivity index (χ0n) is 16.4. The van der Waals surface area contributed by atoms with Crippen LogP contribution in [0.4, 0.5) is 5.69 Å². The molecule has 0 atom stereocenters. The second kappa shape index (κ2) is 8.67. The van der Waals surface area contributed by atoms with Crippen molar-refractivity contribution < 1.29 is 4.79 Å². The van der Waals surface area contributed by atoms with Crippen LogP contribution in [0.5, 0.6) is 0 Å². The molecule has 5 nitrogen and oxygen atoms in total. The Bertz CT molecular complexity index is 744. The number of nitrogens with zero attached hydrogens (tertiary/aromatic N) is 3. The Kier molecular flexibility index (Phi) is 6.30. The van der Waals surface area contributed by atoms with Crippen molar-refractivity contribution in [3.05, 3.63) is 24.0 Å². The van der Waals surface area contributed by atoms with Crippen molar-refractivity contribution in [3.63, 3.8) is 0 Å². The summed E-state index contributed by atoms with van der Waals surface area (Å²) in [5.41, 5.74) is 2.97. The number of unbranched alkanes of at least 4 members (excludes halogenated alkanes) is 1. The number of nitrogens with one attached hydrogen (secondary N) is 1. The van der Waals surface area contributed by atoms with Gasteiger partial charge in [0.15, 0.2) is 0 Å². The van der Waals surface area contributed by atoms with E-state index >= 15 is 0 Å². The van der Waals surface area contributed by atoms with E-state index in [2.05, 4.69) is 41.6 Å². The Labute approximate surface area is 156 Å². The van der Waals surface area contributed by atoms with Gasteiger partial charge in [0.25, 0.3) is 0 Å². The molecule has 0 saturated carbocycles. The van der Waals surface area contributed by atoms with E-state index in [1.165, 1.54) is 12.8 Å². The van der Waals surface area contributed by atoms with E-state index in [1.54, 1.807) is 0 Å². The van der Waals surface area contributed by atoms with Crippen molar-refractivity contribution in [1.29, 1.82) is 0 Å². The van der Waals surface area contributed by atoms with Gasteiger partial charge in [-0.3, -0.25) is 9.69 Å². The highest BCUT2D eigenvalue weighted by Gasteiger charge is 2.19. The summed E-state index contributed by atoms with van der Waals surface area (Å²) in [7, 11) is 0. The molecule has 2 aromatic rings. The van der Waals surface area contributed by atoms with Crippen molar-refractivity contribution in [1.82, 2.24) is 14.5 Å². The van der Waals surface area contributed by atoms with Gasteiger partial charge in [0, 0.05) is 18.7 Å². The fourth-order valence-electron chi connectivity index (χ4n) is 3.71. The molecular weight excluding hydrogens is 324 g/mol. The van der Waals surface area contributed by atoms with Crippen LogP contribution >= 0.6 is 0 Å². The monoisotopic (exact) mass is 356 g/mol. The zero-order chi connectivity index (χ0) is 18.5. The lowest BCUT2D eigenvalue weighted by molar-refractivity contribution is -0.116. The van der Waals surface area contributed by atoms with Crippen molar-refractivity contribution in [2.45, 2.75) is 66.0 Å². The first-order valence-corrected chi connectivity index (χ1v) is 10.1. The molecular formula is C21H32N4O. The summed E-state index contributed by atoms with van der Waals surface area (Å²) in [5, 5.41) is 3.00. The number of fused-ring (bicyclic) bond motifs is 1. The molecule has 1 aliphatic heterocycles. The lowest BCUT2D eigenvalue weighted by atomic mass is 9.99. The van der Waals surface area contributed by atoms with E-state index in [9.17, 15) is 4.79 Å². The molecule has 0 radical (unpaired) electrons. The van der Waals surface area contributed by atoms with Crippen molar-refractivity contribution >= 4 is 22.6 Å². The molecule has 1 amide bonds. The molecule has 0 spiro atoms. The van der Waals surface area contributed by atoms with E-state index in [0.717, 1.165) is 67.5 Å². The van der Waals surface area contributed by atoms with E-state index in [-0.39, 0.29) is 5.91 Å². The van der Waals surface area contributed by atoms with E-state index < -0.39 is 0 Å². The van der Waals surface area contributed by atoms with E-state index in [0.29, 0.717) is 6.42 Å². The highest BCUT2D eigenvalue weighted by atomic mass is 16.1. The topological polar surface area (TPSA) is 50.2 Å². The molecule has 1 aromatic heterocycles. The molecule has 3 rings (SSSR count). The summed E-state index contributed by atoms with van der Waals surface area (Å²) in [6.07, 6.45) is 5.10. The summed E-state index contributed by atoms with van der Waals surface area (Å²) in [6.45, 7) is 10.8. The quantitative estimate of drug-likeness (QED) is 0.799. The van der Waals surface area contributed by atoms with Gasteiger partial charge in [0.05, 0.1) is 17.6 Å². The van der Waals surface area contributed by atoms with E-state index in [1.807, 2.05) is 12.1 Å². The van der Waals surface area contributed by atoms with Gasteiger partial charge in [0.1, 0.15) is 5.82 Å². The minimum absolute atomic E-state index is 0.0868. The normalized spacial score (nSPS) is 16.3. The number of aryl methyl sites for hydroxylation is 1. The third-order valence-corrected chi connectivity index (χ3v) is 5.43. The Balaban J connectivity index is 1.76. The maximum absolute atomic E-state index is 12.0. The molecule has 1 fully saturated rings. The number of hydrogen-bond donors (Lipinski definition) is 1. The first-order valence-electron chi connectivity index (χ1n) is 10.1. The van der Waals surface area contributed by atoms with Crippen LogP contribution in [0.15, 0.2) is 18.2 Å². The standard InChI is InChI=1S/C21H32N4O/c1-4-6-7-21(26)22-17-8-9-19-18(14-17)23-20(25(19)5-2)15-24-12-10-16(3)11-13-24/h8-9,14,16H,4-7,10-13,15H2,1-3H3,(H,22,26). The van der Waals surface area contributed by atoms with Crippen LogP contribution in [0.2, 0.25) is 0 Å². The van der Waals surface area contributed by atoms with Gasteiger partial charge in [-0.2, -0.15) is 0 Å². The SMILES string of the molecule is CCCCC(=O)Nc1ccc2c(c1)nc(CN1CCC(C)CC1)n2CC. The molecule has 26 heavy (non-hydrogen) atoms. The average Bonchev–Trinajstić information content (AvgIpc) is 2.98. The third-order valence-electron chi connectivity index (χ3n) is 5.43. The number of piperidine rings is 1. The summed E-state index contributed by atoms with van der Waals surface area (Å²) in [4.78, 5) is 19.4. The van der Waals surface area contributed by atoms with Gasteiger partial charge in [-0.25, -0.2) is 4.98 Å². The molecule has 1 saturated heterocycles. The predicted molar refractivity (Wildman–Crippen MR) is 107 cm³/mol. The molecule has 1 aromatic carbocycles. The number of rotatable bonds is 7. The van der Waals surface area contributed by atoms with Crippen LogP contribution in [-0.4, -0.2) is 33.4 Å². The van der Waals surface area contributed by atoms with Crippen LogP contribution in [0.1, 0.15) is 58.7 Å². The van der Waals surface area contributed by atoms with Crippen molar-refractivity contribution in [2.75, 3.05) is 18.4 Å². The minimum Gasteiger partial charge on any atom is -0.327 e. The van der Waals surface area contributed by atoms with Gasteiger partial charge < -0.3 is 9.88 Å². The maximum atomic E-state index is 12.0. The smallest absolute Gasteiger partial charge is 0.224 e. The second-order valence-corrected chi connectivity index (χ2v) is 7.59. The Morgan fingerprint density at radius 1 is 1.27 bits per heavy atom. The summed E-state index contributed by atoms with van der Waals surface area (Å²) < 4.78 is 2.30. The number of amides is 1. The molecule has 1 aliphatic rings. The van der Waals surface area contributed by atoms with Crippen LogP contribution in [0, 0.1) is 5.92 Å². The largest absolute Gasteiger partial charge is 0.327 e. The Morgan fingerprint density at radius 2 is 2.04 bits per heavy atom. The van der Waals surface area contributed by atoms with Crippen molar-refractivity contribution in [3.8, 4) is 0 Å². The summed E-state index contributed by atoms with van der Waals surface area (Å²) >= 11 is 0. The van der Waals surface area contributed by atoms with Gasteiger partial charge >= 0.3 is 0 Å². The molecule has 2 heterocycles. The number of aromatic nitrogens is 2. The Hall–Kier alpha value is -1.88. The average molecular weight is 357 g/mol. The highest BCUT2D eigenvalue weighted by molar-refractivity contribution is 5.93. The molecule has 0 unspecified atom stereocenters. The van der Waals surface area contributed by atoms with Crippen LogP contribution in [0.25, 0.3) is 11.0 Å². The number of anilines is 1. The Morgan fingerprint density at radius 3 is 2.73 bits per heavy atom. The van der Waals surface area contributed by atoms with Gasteiger partial charge in [-0.15, -0.1) is 0 Å². The molecule has 5 heteroatoms. The number of imidazole rings is 1. The van der Waals surface area contributed by atoms with Gasteiger partial charge in [0.2, 0.25) is 5.91 Å².